The molecule has 4 aromatic heterocycles. The normalized spacial score (nSPS) is 12.4. The second-order valence-electron chi connectivity index (χ2n) is 6.24. The Kier molecular flexibility index (Phi) is 4.73. The maximum Gasteiger partial charge on any atom is 0.435 e. The van der Waals surface area contributed by atoms with E-state index < -0.39 is 21.7 Å². The number of aromatic nitrogens is 6. The molecule has 0 unspecified atom stereocenters. The van der Waals surface area contributed by atoms with Crippen molar-refractivity contribution in [3.63, 3.8) is 0 Å². The van der Waals surface area contributed by atoms with Crippen LogP contribution in [0.4, 0.5) is 13.2 Å². The van der Waals surface area contributed by atoms with E-state index >= 15 is 0 Å². The van der Waals surface area contributed by atoms with Crippen molar-refractivity contribution in [1.82, 2.24) is 29.5 Å². The van der Waals surface area contributed by atoms with Gasteiger partial charge in [-0.25, -0.2) is 27.9 Å². The monoisotopic (exact) mass is 434 g/mol. The van der Waals surface area contributed by atoms with E-state index in [9.17, 15) is 21.6 Å². The summed E-state index contributed by atoms with van der Waals surface area (Å²) in [6.07, 6.45) is 2.46. The summed E-state index contributed by atoms with van der Waals surface area (Å²) in [6.45, 7) is 1.49. The van der Waals surface area contributed by atoms with Gasteiger partial charge in [-0.1, -0.05) is 6.92 Å². The van der Waals surface area contributed by atoms with Crippen LogP contribution in [0.15, 0.2) is 54.2 Å². The molecule has 4 rings (SSSR count). The lowest BCUT2D eigenvalue weighted by Crippen LogP contribution is -2.08. The zero-order valence-electron chi connectivity index (χ0n) is 15.4. The average Bonchev–Trinajstić information content (AvgIpc) is 3.18. The number of sulfone groups is 1. The highest BCUT2D eigenvalue weighted by Crippen LogP contribution is 2.31. The molecule has 0 saturated carbocycles. The Hall–Kier alpha value is -3.41. The first-order valence-corrected chi connectivity index (χ1v) is 10.3. The molecule has 0 atom stereocenters. The zero-order chi connectivity index (χ0) is 21.5. The Labute approximate surface area is 168 Å². The molecule has 0 amide bonds. The van der Waals surface area contributed by atoms with Crippen molar-refractivity contribution in [1.29, 1.82) is 0 Å². The van der Waals surface area contributed by atoms with Gasteiger partial charge in [0.15, 0.2) is 21.2 Å². The summed E-state index contributed by atoms with van der Waals surface area (Å²) in [5, 5.41) is 3.44. The molecule has 0 saturated heterocycles. The Morgan fingerprint density at radius 3 is 2.47 bits per heavy atom. The molecule has 12 heteroatoms. The Morgan fingerprint density at radius 1 is 1.07 bits per heavy atom. The Bertz CT molecular complexity index is 1340. The van der Waals surface area contributed by atoms with Gasteiger partial charge in [-0.3, -0.25) is 4.98 Å². The van der Waals surface area contributed by atoms with Crippen LogP contribution in [0.5, 0.6) is 0 Å². The first-order valence-electron chi connectivity index (χ1n) is 8.61. The lowest BCUT2D eigenvalue weighted by atomic mass is 10.1. The molecule has 0 radical (unpaired) electrons. The van der Waals surface area contributed by atoms with E-state index in [4.69, 9.17) is 0 Å². The number of nitrogens with zero attached hydrogens (tertiary/aromatic N) is 6. The fourth-order valence-electron chi connectivity index (χ4n) is 2.79. The number of alkyl halides is 3. The molecule has 30 heavy (non-hydrogen) atoms. The maximum absolute atomic E-state index is 12.9. The number of hydrogen-bond acceptors (Lipinski definition) is 7. The van der Waals surface area contributed by atoms with E-state index in [2.05, 4.69) is 25.0 Å². The average molecular weight is 434 g/mol. The lowest BCUT2D eigenvalue weighted by Gasteiger charge is -2.11. The van der Waals surface area contributed by atoms with E-state index in [1.807, 2.05) is 0 Å². The van der Waals surface area contributed by atoms with Gasteiger partial charge in [-0.05, 0) is 12.1 Å². The minimum absolute atomic E-state index is 0.0368. The van der Waals surface area contributed by atoms with Gasteiger partial charge in [-0.15, -0.1) is 0 Å². The van der Waals surface area contributed by atoms with Crippen LogP contribution in [-0.4, -0.2) is 43.7 Å². The first kappa shape index (κ1) is 19.9. The predicted molar refractivity (Wildman–Crippen MR) is 100.0 cm³/mol. The second-order valence-corrected chi connectivity index (χ2v) is 8.49. The summed E-state index contributed by atoms with van der Waals surface area (Å²) in [5.41, 5.74) is 0.0194. The smallest absolute Gasteiger partial charge is 0.253 e. The Morgan fingerprint density at radius 2 is 1.80 bits per heavy atom. The van der Waals surface area contributed by atoms with E-state index in [0.29, 0.717) is 11.1 Å². The summed E-state index contributed by atoms with van der Waals surface area (Å²) in [7, 11) is -3.72. The molecule has 4 aromatic rings. The highest BCUT2D eigenvalue weighted by molar-refractivity contribution is 7.91. The van der Waals surface area contributed by atoms with Gasteiger partial charge in [0.05, 0.1) is 16.3 Å². The third-order valence-corrected chi connectivity index (χ3v) is 6.06. The molecule has 4 heterocycles. The van der Waals surface area contributed by atoms with Crippen LogP contribution in [0.2, 0.25) is 0 Å². The molecule has 0 spiro atoms. The van der Waals surface area contributed by atoms with Crippen molar-refractivity contribution in [3.8, 4) is 22.5 Å². The largest absolute Gasteiger partial charge is 0.435 e. The molecule has 0 aliphatic heterocycles. The molecule has 0 fully saturated rings. The number of rotatable bonds is 4. The van der Waals surface area contributed by atoms with Crippen molar-refractivity contribution < 1.29 is 21.6 Å². The minimum Gasteiger partial charge on any atom is -0.253 e. The van der Waals surface area contributed by atoms with Crippen molar-refractivity contribution in [2.24, 2.45) is 0 Å². The summed E-state index contributed by atoms with van der Waals surface area (Å²) in [4.78, 5) is 16.1. The van der Waals surface area contributed by atoms with Crippen LogP contribution in [-0.2, 0) is 16.0 Å². The third-order valence-electron chi connectivity index (χ3n) is 4.32. The van der Waals surface area contributed by atoms with Crippen molar-refractivity contribution in [2.75, 3.05) is 5.75 Å². The fraction of sp³-hybridized carbons (Fsp3) is 0.167. The highest BCUT2D eigenvalue weighted by atomic mass is 32.2. The number of pyridine rings is 1. The third kappa shape index (κ3) is 3.61. The van der Waals surface area contributed by atoms with Gasteiger partial charge in [0, 0.05) is 42.0 Å². The van der Waals surface area contributed by atoms with E-state index in [1.165, 1.54) is 50.2 Å². The van der Waals surface area contributed by atoms with Crippen LogP contribution in [0.1, 0.15) is 12.6 Å². The van der Waals surface area contributed by atoms with Gasteiger partial charge in [0.25, 0.3) is 0 Å². The van der Waals surface area contributed by atoms with Crippen LogP contribution in [0, 0.1) is 0 Å². The van der Waals surface area contributed by atoms with Crippen molar-refractivity contribution in [2.45, 2.75) is 18.0 Å². The standard InChI is InChI=1S/C18H13F3N6O2S/c1-2-30(28,29)14-5-11(12-7-22-10-23-8-12)9-24-17(14)13-3-4-27-16(25-13)6-15(26-27)18(19,20)21/h3-10H,2H2,1H3. The Balaban J connectivity index is 1.89. The molecule has 8 nitrogen and oxygen atoms in total. The molecule has 154 valence electrons. The molecule has 0 aliphatic rings. The highest BCUT2D eigenvalue weighted by Gasteiger charge is 2.34. The van der Waals surface area contributed by atoms with Crippen LogP contribution in [0.25, 0.3) is 28.2 Å². The van der Waals surface area contributed by atoms with E-state index in [-0.39, 0.29) is 27.7 Å². The van der Waals surface area contributed by atoms with Gasteiger partial charge in [-0.2, -0.15) is 18.3 Å². The molecular formula is C18H13F3N6O2S. The summed E-state index contributed by atoms with van der Waals surface area (Å²) >= 11 is 0. The predicted octanol–water partition coefficient (Wildman–Crippen LogP) is 3.06. The van der Waals surface area contributed by atoms with Gasteiger partial charge in [0.1, 0.15) is 12.0 Å². The fourth-order valence-corrected chi connectivity index (χ4v) is 3.86. The molecule has 0 N–H and O–H groups in total. The molecule has 0 bridgehead atoms. The lowest BCUT2D eigenvalue weighted by molar-refractivity contribution is -0.141. The van der Waals surface area contributed by atoms with Gasteiger partial charge < -0.3 is 0 Å². The summed E-state index contributed by atoms with van der Waals surface area (Å²) in [5.74, 6) is -0.191. The topological polar surface area (TPSA) is 103 Å². The second kappa shape index (κ2) is 7.13. The van der Waals surface area contributed by atoms with Crippen LogP contribution in [0.3, 0.4) is 0 Å². The number of halogens is 3. The number of fused-ring (bicyclic) bond motifs is 1. The van der Waals surface area contributed by atoms with Gasteiger partial charge >= 0.3 is 6.18 Å². The summed E-state index contributed by atoms with van der Waals surface area (Å²) < 4.78 is 65.1. The zero-order valence-corrected chi connectivity index (χ0v) is 16.2. The molecule has 0 aliphatic carbocycles. The quantitative estimate of drug-likeness (QED) is 0.486. The van der Waals surface area contributed by atoms with Crippen molar-refractivity contribution in [3.05, 3.63) is 55.0 Å². The SMILES string of the molecule is CCS(=O)(=O)c1cc(-c2cncnc2)cnc1-c1ccn2nc(C(F)(F)F)cc2n1. The number of hydrogen-bond donors (Lipinski definition) is 0. The van der Waals surface area contributed by atoms with Crippen molar-refractivity contribution >= 4 is 15.5 Å². The maximum atomic E-state index is 12.9. The van der Waals surface area contributed by atoms with Crippen LogP contribution >= 0.6 is 0 Å². The summed E-state index contributed by atoms with van der Waals surface area (Å²) in [6, 6.07) is 3.58. The minimum atomic E-state index is -4.62. The first-order chi connectivity index (χ1) is 14.2. The molecule has 0 aromatic carbocycles. The van der Waals surface area contributed by atoms with E-state index in [1.54, 1.807) is 0 Å². The van der Waals surface area contributed by atoms with E-state index in [0.717, 1.165) is 10.6 Å². The van der Waals surface area contributed by atoms with Crippen LogP contribution < -0.4 is 0 Å². The van der Waals surface area contributed by atoms with Gasteiger partial charge in [0.2, 0.25) is 0 Å². The molecular weight excluding hydrogens is 421 g/mol.